The number of ether oxygens (including phenoxy) is 1. The van der Waals surface area contributed by atoms with Crippen LogP contribution >= 0.6 is 11.3 Å². The van der Waals surface area contributed by atoms with Crippen molar-refractivity contribution < 1.29 is 13.6 Å². The van der Waals surface area contributed by atoms with Crippen LogP contribution in [0.2, 0.25) is 0 Å². The molecule has 0 aromatic carbocycles. The van der Waals surface area contributed by atoms with Gasteiger partial charge in [-0.05, 0) is 260 Å². The van der Waals surface area contributed by atoms with E-state index in [1.165, 1.54) is 88.6 Å². The Hall–Kier alpha value is -4.68. The second kappa shape index (κ2) is 51.4. The summed E-state index contributed by atoms with van der Waals surface area (Å²) in [6.07, 6.45) is 35.3. The van der Waals surface area contributed by atoms with Gasteiger partial charge in [-0.3, -0.25) is 48.9 Å². The van der Waals surface area contributed by atoms with E-state index >= 15 is 0 Å². The first kappa shape index (κ1) is 107. The molecule has 9 fully saturated rings. The van der Waals surface area contributed by atoms with Crippen molar-refractivity contribution in [3.05, 3.63) is 109 Å². The molecule has 0 saturated carbocycles. The summed E-state index contributed by atoms with van der Waals surface area (Å²) in [7, 11) is 0. The third-order valence-electron chi connectivity index (χ3n) is 29.5. The van der Waals surface area contributed by atoms with Crippen LogP contribution in [0.4, 0.5) is 0 Å². The third kappa shape index (κ3) is 30.2. The van der Waals surface area contributed by atoms with Gasteiger partial charge in [0.15, 0.2) is 5.89 Å². The Balaban J connectivity index is 0.000000196. The lowest BCUT2D eigenvalue weighted by Gasteiger charge is -2.34. The number of thiazole rings is 1. The van der Waals surface area contributed by atoms with E-state index < -0.39 is 0 Å². The Morgan fingerprint density at radius 1 is 0.384 bits per heavy atom. The predicted octanol–water partition coefficient (Wildman–Crippen LogP) is 23.3. The Labute approximate surface area is 769 Å². The average molecular weight is 1760 g/mol. The number of imidazole rings is 1. The SMILES string of the molecule is C.CC(C)[C@@H]1CCC(C)N1C(C)C.CC(C)[C@@H]1C[C@H](C2CCCO2)CN1C(C)C.CC(C)[C@@H]1C[C@H](c2ccco2)CN1C(C)C.CC(C)[C@@H]1C[C@H](c2cncs2)CN1C(C)C.CC(C)[C@@H]1C[C@H](c2ncco2)CN1C(C)C.CC(C)[C@@H]1C[C@H](n2cccn2)CN1C(C)C.CC(C)[C@@H]1C[C@H](n2ccnc2)CN1C(C)C.CC(C)[C@@H]1C[C@H](n2nccn2)CN1C(C)C. The van der Waals surface area contributed by atoms with Gasteiger partial charge in [0.2, 0.25) is 0 Å². The minimum Gasteiger partial charge on any atom is -0.469 e. The molecule has 9 aliphatic heterocycles. The normalized spacial score (nSPS) is 28.6. The largest absolute Gasteiger partial charge is 0.469 e. The van der Waals surface area contributed by atoms with Crippen molar-refractivity contribution in [3.8, 4) is 0 Å². The molecule has 17 atom stereocenters. The molecule has 0 N–H and O–H groups in total. The van der Waals surface area contributed by atoms with Gasteiger partial charge in [0, 0.05) is 215 Å². The van der Waals surface area contributed by atoms with E-state index in [-0.39, 0.29) is 7.43 Å². The van der Waals surface area contributed by atoms with Gasteiger partial charge in [-0.25, -0.2) is 9.97 Å². The van der Waals surface area contributed by atoms with Crippen LogP contribution in [0.25, 0.3) is 0 Å². The van der Waals surface area contributed by atoms with Crippen LogP contribution in [-0.2, 0) is 4.74 Å². The quantitative estimate of drug-likeness (QED) is 0.0597. The summed E-state index contributed by atoms with van der Waals surface area (Å²) in [6, 6.07) is 19.5. The summed E-state index contributed by atoms with van der Waals surface area (Å²) in [5.41, 5.74) is 1.96. The molecular formula is C104H189N17O3S. The maximum absolute atomic E-state index is 5.87. The summed E-state index contributed by atoms with van der Waals surface area (Å²) >= 11 is 1.81. The Kier molecular flexibility index (Phi) is 44.1. The van der Waals surface area contributed by atoms with E-state index in [2.05, 4.69) is 332 Å². The van der Waals surface area contributed by atoms with Crippen LogP contribution in [0.3, 0.4) is 0 Å². The highest BCUT2D eigenvalue weighted by molar-refractivity contribution is 7.09. The minimum atomic E-state index is 0. The van der Waals surface area contributed by atoms with Crippen LogP contribution in [-0.4, -0.2) is 245 Å². The summed E-state index contributed by atoms with van der Waals surface area (Å²) in [4.78, 5) is 37.1. The monoisotopic (exact) mass is 1760 g/mol. The highest BCUT2D eigenvalue weighted by Gasteiger charge is 2.45. The van der Waals surface area contributed by atoms with Gasteiger partial charge in [-0.2, -0.15) is 20.1 Å². The average Bonchev–Trinajstić information content (AvgIpc) is 1.69. The molecule has 21 heteroatoms. The predicted molar refractivity (Wildman–Crippen MR) is 526 cm³/mol. The van der Waals surface area contributed by atoms with Crippen molar-refractivity contribution in [3.63, 3.8) is 0 Å². The number of furan rings is 1. The first-order valence-corrected chi connectivity index (χ1v) is 50.9. The van der Waals surface area contributed by atoms with Crippen molar-refractivity contribution in [1.82, 2.24) is 83.5 Å². The molecule has 0 aliphatic carbocycles. The minimum absolute atomic E-state index is 0. The van der Waals surface area contributed by atoms with Crippen molar-refractivity contribution >= 4 is 11.3 Å². The zero-order valence-corrected chi connectivity index (χ0v) is 85.7. The first-order chi connectivity index (χ1) is 58.7. The van der Waals surface area contributed by atoms with Crippen molar-refractivity contribution in [2.24, 2.45) is 53.3 Å². The third-order valence-corrected chi connectivity index (χ3v) is 30.5. The van der Waals surface area contributed by atoms with Crippen molar-refractivity contribution in [2.75, 3.05) is 52.4 Å². The van der Waals surface area contributed by atoms with E-state index in [4.69, 9.17) is 13.6 Å². The molecular weight excluding hydrogens is 1570 g/mol. The topological polar surface area (TPSA) is 154 Å². The number of hydrogen-bond donors (Lipinski definition) is 0. The number of aromatic nitrogens is 9. The maximum atomic E-state index is 5.87. The van der Waals surface area contributed by atoms with E-state index in [0.29, 0.717) is 126 Å². The summed E-state index contributed by atoms with van der Waals surface area (Å²) < 4.78 is 21.2. The lowest BCUT2D eigenvalue weighted by atomic mass is 9.93. The summed E-state index contributed by atoms with van der Waals surface area (Å²) in [6.45, 7) is 85.5. The van der Waals surface area contributed by atoms with Gasteiger partial charge in [-0.1, -0.05) is 118 Å². The maximum Gasteiger partial charge on any atom is 0.198 e. The highest BCUT2D eigenvalue weighted by Crippen LogP contribution is 2.43. The number of nitrogens with zero attached hydrogens (tertiary/aromatic N) is 17. The number of hydrogen-bond acceptors (Lipinski definition) is 18. The fourth-order valence-electron chi connectivity index (χ4n) is 22.7. The van der Waals surface area contributed by atoms with Crippen molar-refractivity contribution in [2.45, 2.75) is 451 Å². The molecule has 2 unspecified atom stereocenters. The van der Waals surface area contributed by atoms with Gasteiger partial charge >= 0.3 is 0 Å². The van der Waals surface area contributed by atoms with Gasteiger partial charge in [0.25, 0.3) is 0 Å². The van der Waals surface area contributed by atoms with Crippen LogP contribution in [0, 0.1) is 53.3 Å². The van der Waals surface area contributed by atoms with E-state index in [1.807, 2.05) is 52.5 Å². The van der Waals surface area contributed by atoms with E-state index in [0.717, 1.165) is 123 Å². The fraction of sp³-hybridized carbons (Fsp3) is 0.827. The Morgan fingerprint density at radius 2 is 0.832 bits per heavy atom. The van der Waals surface area contributed by atoms with Gasteiger partial charge < -0.3 is 18.1 Å². The van der Waals surface area contributed by atoms with Crippen molar-refractivity contribution in [1.29, 1.82) is 0 Å². The number of oxazole rings is 1. The molecule has 15 rings (SSSR count). The van der Waals surface area contributed by atoms with E-state index in [1.54, 1.807) is 31.1 Å². The molecule has 0 radical (unpaired) electrons. The zero-order chi connectivity index (χ0) is 91.2. The molecule has 6 aromatic heterocycles. The second-order valence-corrected chi connectivity index (χ2v) is 44.6. The van der Waals surface area contributed by atoms with Gasteiger partial charge in [0.1, 0.15) is 12.0 Å². The molecule has 15 heterocycles. The van der Waals surface area contributed by atoms with Crippen LogP contribution in [0.1, 0.15) is 359 Å². The van der Waals surface area contributed by atoms with E-state index in [9.17, 15) is 0 Å². The smallest absolute Gasteiger partial charge is 0.198 e. The fourth-order valence-corrected chi connectivity index (χ4v) is 23.5. The summed E-state index contributed by atoms with van der Waals surface area (Å²) in [5.74, 6) is 10.6. The molecule has 20 nitrogen and oxygen atoms in total. The van der Waals surface area contributed by atoms with Crippen LogP contribution < -0.4 is 0 Å². The first-order valence-electron chi connectivity index (χ1n) is 50.0. The molecule has 0 spiro atoms. The van der Waals surface area contributed by atoms with Gasteiger partial charge in [0.05, 0.1) is 54.9 Å². The molecule has 6 aromatic rings. The molecule has 9 aliphatic rings. The molecule has 0 bridgehead atoms. The highest BCUT2D eigenvalue weighted by atomic mass is 32.1. The lowest BCUT2D eigenvalue weighted by molar-refractivity contribution is 0.0642. The molecule has 0 amide bonds. The van der Waals surface area contributed by atoms with Gasteiger partial charge in [-0.15, -0.1) is 11.3 Å². The molecule has 714 valence electrons. The Morgan fingerprint density at radius 3 is 1.22 bits per heavy atom. The molecule has 9 saturated heterocycles. The Bertz CT molecular complexity index is 3070. The number of rotatable bonds is 23. The zero-order valence-electron chi connectivity index (χ0n) is 84.9. The summed E-state index contributed by atoms with van der Waals surface area (Å²) in [5, 5.41) is 12.9. The number of likely N-dealkylation sites (tertiary alicyclic amines) is 8. The molecule has 125 heavy (non-hydrogen) atoms. The van der Waals surface area contributed by atoms with Crippen LogP contribution in [0.15, 0.2) is 101 Å². The standard InChI is InChI=1S/C14H27NO.C14H23NO.2C13H23N3.C13H22N2O.C13H22N2S.C12H22N4.C11H23N.CH4/c2*1-10(2)13-8-12(9-15(13)11(3)4)14-6-5-7-16-14;1-10(2)13-7-12(8-16(13)11(3)4)15-6-5-14-9-15;1-10(2)13-8-12(9-15(13)11(3)4)16-7-5-6-14-16;1-9(2)12-7-11(8-15(12)10(3)4)13-14-5-6-16-13;1-9(2)12-5-11(7-15(12)10(3)4)13-6-14-8-16-13;1-9(2)12-7-11(8-15(12)10(3)4)16-13-5-6-14-16;1-8(2)11-7-6-10(5)12(11)9(3)4;/h10-14H,5-9H2,1-4H3;5-7,10-13H,8-9H2,1-4H3;5-6,9-13H,7-8H2,1-4H3;5-7,10-13H,8-9H2,1-4H3;5-6,9-12H,7-8H2,1-4H3;6,8-12H,5,7H2,1-4H3;5-6,9-12H,7-8H2,1-4H3;8-11H,6-7H2,1-5H3;1H4/t12-,13-,14?;3*12-,13-;3*11-,12-;10?,11-;/m00000000./s1. The second-order valence-electron chi connectivity index (χ2n) is 43.6. The van der Waals surface area contributed by atoms with Crippen LogP contribution in [0.5, 0.6) is 0 Å². The lowest BCUT2D eigenvalue weighted by Crippen LogP contribution is -2.42.